The minimum absolute atomic E-state index is 0.0209. The summed E-state index contributed by atoms with van der Waals surface area (Å²) < 4.78 is 41.1. The highest BCUT2D eigenvalue weighted by molar-refractivity contribution is 7.92. The van der Waals surface area contributed by atoms with Gasteiger partial charge in [-0.05, 0) is 48.1 Å². The lowest BCUT2D eigenvalue weighted by Gasteiger charge is -2.31. The van der Waals surface area contributed by atoms with Crippen LogP contribution in [0.25, 0.3) is 0 Å². The molecule has 1 N–H and O–H groups in total. The molecular formula is C22H30FN3O3S. The van der Waals surface area contributed by atoms with E-state index in [1.807, 2.05) is 26.8 Å². The standard InChI is InChI=1S/C22H30FN3O3S/c1-22(2,3)16-30(28,29)26(15-17-4-6-18(23)7-5-17)19-8-9-21(24-14-19)25-12-10-20(27)11-13-25/h4-9,14,20,27H,10-13,15-16H2,1-3H3. The third-order valence-corrected chi connectivity index (χ3v) is 7.24. The number of nitrogens with zero attached hydrogens (tertiary/aromatic N) is 3. The third-order valence-electron chi connectivity index (χ3n) is 5.00. The second-order valence-corrected chi connectivity index (χ2v) is 10.9. The first-order valence-electron chi connectivity index (χ1n) is 10.2. The molecule has 30 heavy (non-hydrogen) atoms. The van der Waals surface area contributed by atoms with Gasteiger partial charge < -0.3 is 10.0 Å². The van der Waals surface area contributed by atoms with Gasteiger partial charge in [-0.1, -0.05) is 32.9 Å². The summed E-state index contributed by atoms with van der Waals surface area (Å²) in [5.41, 5.74) is 0.759. The Morgan fingerprint density at radius 2 is 1.77 bits per heavy atom. The van der Waals surface area contributed by atoms with Crippen LogP contribution in [0.2, 0.25) is 0 Å². The molecule has 1 aliphatic rings. The topological polar surface area (TPSA) is 73.7 Å². The Labute approximate surface area is 178 Å². The van der Waals surface area contributed by atoms with E-state index < -0.39 is 15.4 Å². The van der Waals surface area contributed by atoms with Crippen LogP contribution >= 0.6 is 0 Å². The summed E-state index contributed by atoms with van der Waals surface area (Å²) in [6.45, 7) is 7.19. The quantitative estimate of drug-likeness (QED) is 0.751. The molecular weight excluding hydrogens is 405 g/mol. The molecule has 0 amide bonds. The van der Waals surface area contributed by atoms with Crippen LogP contribution < -0.4 is 9.21 Å². The summed E-state index contributed by atoms with van der Waals surface area (Å²) in [7, 11) is -3.63. The molecule has 1 aromatic heterocycles. The number of hydrogen-bond acceptors (Lipinski definition) is 5. The highest BCUT2D eigenvalue weighted by atomic mass is 32.2. The van der Waals surface area contributed by atoms with Gasteiger partial charge in [-0.2, -0.15) is 0 Å². The van der Waals surface area contributed by atoms with E-state index in [1.54, 1.807) is 24.4 Å². The molecule has 1 fully saturated rings. The molecule has 2 aromatic rings. The van der Waals surface area contributed by atoms with Crippen LogP contribution in [0.1, 0.15) is 39.2 Å². The van der Waals surface area contributed by atoms with Gasteiger partial charge in [0, 0.05) is 13.1 Å². The number of aliphatic hydroxyl groups excluding tert-OH is 1. The number of pyridine rings is 1. The maximum Gasteiger partial charge on any atom is 0.236 e. The minimum Gasteiger partial charge on any atom is -0.393 e. The van der Waals surface area contributed by atoms with E-state index >= 15 is 0 Å². The first kappa shape index (κ1) is 22.5. The van der Waals surface area contributed by atoms with Gasteiger partial charge in [0.1, 0.15) is 11.6 Å². The Morgan fingerprint density at radius 1 is 1.13 bits per heavy atom. The van der Waals surface area contributed by atoms with E-state index in [1.165, 1.54) is 16.4 Å². The van der Waals surface area contributed by atoms with Gasteiger partial charge in [0.05, 0.1) is 30.3 Å². The summed E-state index contributed by atoms with van der Waals surface area (Å²) in [4.78, 5) is 6.58. The number of aromatic nitrogens is 1. The van der Waals surface area contributed by atoms with Crippen LogP contribution in [-0.4, -0.2) is 43.5 Å². The third kappa shape index (κ3) is 5.92. The van der Waals surface area contributed by atoms with E-state index in [2.05, 4.69) is 9.88 Å². The molecule has 164 valence electrons. The van der Waals surface area contributed by atoms with Gasteiger partial charge in [0.15, 0.2) is 0 Å². The second kappa shape index (κ2) is 8.89. The molecule has 1 aliphatic heterocycles. The Hall–Kier alpha value is -2.19. The zero-order valence-electron chi connectivity index (χ0n) is 17.8. The van der Waals surface area contributed by atoms with Crippen molar-refractivity contribution in [2.75, 3.05) is 28.0 Å². The van der Waals surface area contributed by atoms with Crippen LogP contribution in [0, 0.1) is 11.2 Å². The number of piperidine rings is 1. The number of benzene rings is 1. The molecule has 0 aliphatic carbocycles. The van der Waals surface area contributed by atoms with Crippen molar-refractivity contribution >= 4 is 21.5 Å². The zero-order chi connectivity index (χ0) is 21.9. The molecule has 0 unspecified atom stereocenters. The average Bonchev–Trinajstić information content (AvgIpc) is 2.66. The zero-order valence-corrected chi connectivity index (χ0v) is 18.6. The predicted octanol–water partition coefficient (Wildman–Crippen LogP) is 3.56. The normalized spacial score (nSPS) is 16.0. The number of anilines is 2. The fourth-order valence-electron chi connectivity index (χ4n) is 3.54. The molecule has 0 saturated carbocycles. The van der Waals surface area contributed by atoms with Crippen molar-refractivity contribution in [2.45, 2.75) is 46.3 Å². The number of aliphatic hydroxyl groups is 1. The average molecular weight is 436 g/mol. The number of halogens is 1. The van der Waals surface area contributed by atoms with Gasteiger partial charge in [-0.3, -0.25) is 4.31 Å². The summed E-state index contributed by atoms with van der Waals surface area (Å²) in [6.07, 6.45) is 2.69. The Balaban J connectivity index is 1.88. The summed E-state index contributed by atoms with van der Waals surface area (Å²) in [5, 5.41) is 9.69. The number of sulfonamides is 1. The van der Waals surface area contributed by atoms with Gasteiger partial charge in [0.2, 0.25) is 10.0 Å². The van der Waals surface area contributed by atoms with Gasteiger partial charge in [-0.15, -0.1) is 0 Å². The molecule has 2 heterocycles. The highest BCUT2D eigenvalue weighted by Gasteiger charge is 2.29. The summed E-state index contributed by atoms with van der Waals surface area (Å²) >= 11 is 0. The molecule has 0 spiro atoms. The smallest absolute Gasteiger partial charge is 0.236 e. The summed E-state index contributed by atoms with van der Waals surface area (Å²) in [5.74, 6) is 0.383. The van der Waals surface area contributed by atoms with E-state index in [-0.39, 0.29) is 24.2 Å². The molecule has 6 nitrogen and oxygen atoms in total. The van der Waals surface area contributed by atoms with Crippen molar-refractivity contribution in [3.05, 3.63) is 54.0 Å². The van der Waals surface area contributed by atoms with E-state index in [9.17, 15) is 17.9 Å². The molecule has 3 rings (SSSR count). The Kier molecular flexibility index (Phi) is 6.67. The second-order valence-electron chi connectivity index (χ2n) is 9.04. The first-order chi connectivity index (χ1) is 14.0. The largest absolute Gasteiger partial charge is 0.393 e. The molecule has 0 bridgehead atoms. The van der Waals surface area contributed by atoms with E-state index in [0.29, 0.717) is 24.1 Å². The Bertz CT molecular complexity index is 933. The van der Waals surface area contributed by atoms with Crippen molar-refractivity contribution in [3.8, 4) is 0 Å². The van der Waals surface area contributed by atoms with Crippen LogP contribution in [-0.2, 0) is 16.6 Å². The predicted molar refractivity (Wildman–Crippen MR) is 118 cm³/mol. The lowest BCUT2D eigenvalue weighted by Crippen LogP contribution is -2.37. The first-order valence-corrected chi connectivity index (χ1v) is 11.8. The van der Waals surface area contributed by atoms with Crippen molar-refractivity contribution in [2.24, 2.45) is 5.41 Å². The van der Waals surface area contributed by atoms with Crippen LogP contribution in [0.3, 0.4) is 0 Å². The lowest BCUT2D eigenvalue weighted by atomic mass is 10.0. The van der Waals surface area contributed by atoms with Crippen molar-refractivity contribution in [3.63, 3.8) is 0 Å². The van der Waals surface area contributed by atoms with E-state index in [0.717, 1.165) is 18.9 Å². The molecule has 8 heteroatoms. The maximum absolute atomic E-state index is 13.3. The van der Waals surface area contributed by atoms with Gasteiger partial charge >= 0.3 is 0 Å². The van der Waals surface area contributed by atoms with Crippen molar-refractivity contribution in [1.82, 2.24) is 4.98 Å². The van der Waals surface area contributed by atoms with E-state index in [4.69, 9.17) is 0 Å². The molecule has 0 atom stereocenters. The van der Waals surface area contributed by atoms with Crippen molar-refractivity contribution in [1.29, 1.82) is 0 Å². The van der Waals surface area contributed by atoms with Gasteiger partial charge in [0.25, 0.3) is 0 Å². The molecule has 0 radical (unpaired) electrons. The maximum atomic E-state index is 13.3. The fourth-order valence-corrected chi connectivity index (χ4v) is 5.56. The Morgan fingerprint density at radius 3 is 2.30 bits per heavy atom. The fraction of sp³-hybridized carbons (Fsp3) is 0.500. The minimum atomic E-state index is -3.63. The van der Waals surface area contributed by atoms with Crippen LogP contribution in [0.15, 0.2) is 42.6 Å². The van der Waals surface area contributed by atoms with Crippen LogP contribution in [0.5, 0.6) is 0 Å². The monoisotopic (exact) mass is 435 g/mol. The van der Waals surface area contributed by atoms with Crippen LogP contribution in [0.4, 0.5) is 15.9 Å². The number of hydrogen-bond donors (Lipinski definition) is 1. The highest BCUT2D eigenvalue weighted by Crippen LogP contribution is 2.27. The number of rotatable bonds is 6. The summed E-state index contributed by atoms with van der Waals surface area (Å²) in [6, 6.07) is 9.42. The SMILES string of the molecule is CC(C)(C)CS(=O)(=O)N(Cc1ccc(F)cc1)c1ccc(N2CCC(O)CC2)nc1. The lowest BCUT2D eigenvalue weighted by molar-refractivity contribution is 0.145. The van der Waals surface area contributed by atoms with Gasteiger partial charge in [-0.25, -0.2) is 17.8 Å². The molecule has 1 aromatic carbocycles. The van der Waals surface area contributed by atoms with Crippen molar-refractivity contribution < 1.29 is 17.9 Å². The molecule has 1 saturated heterocycles.